The van der Waals surface area contributed by atoms with Gasteiger partial charge in [-0.05, 0) is 99.8 Å². The SMILES string of the molecule is c1ccc(-c2ccc(N(c3ccc4cc(-c5ccc6c7c8ccccc8oc7n(-c7ccccc7)c6c5)ccc4c3)c3cccc4c3oc3ccccc34)cc2)cc1. The van der Waals surface area contributed by atoms with E-state index in [1.54, 1.807) is 0 Å². The number of furan rings is 2. The molecule has 0 atom stereocenters. The van der Waals surface area contributed by atoms with E-state index in [1.165, 1.54) is 21.9 Å². The molecule has 0 saturated carbocycles. The molecule has 0 bridgehead atoms. The monoisotopic (exact) mass is 742 g/mol. The number of benzene rings is 9. The predicted molar refractivity (Wildman–Crippen MR) is 241 cm³/mol. The van der Waals surface area contributed by atoms with Crippen molar-refractivity contribution in [1.82, 2.24) is 4.57 Å². The van der Waals surface area contributed by atoms with E-state index in [-0.39, 0.29) is 0 Å². The topological polar surface area (TPSA) is 34.5 Å². The number of hydrogen-bond donors (Lipinski definition) is 0. The van der Waals surface area contributed by atoms with E-state index >= 15 is 0 Å². The van der Waals surface area contributed by atoms with Crippen molar-refractivity contribution in [3.05, 3.63) is 206 Å². The zero-order valence-electron chi connectivity index (χ0n) is 31.3. The van der Waals surface area contributed by atoms with Crippen molar-refractivity contribution in [2.45, 2.75) is 0 Å². The highest BCUT2D eigenvalue weighted by molar-refractivity contribution is 6.20. The summed E-state index contributed by atoms with van der Waals surface area (Å²) in [5, 5.41) is 7.98. The summed E-state index contributed by atoms with van der Waals surface area (Å²) in [6.07, 6.45) is 0. The summed E-state index contributed by atoms with van der Waals surface area (Å²) in [5.41, 5.74) is 13.5. The molecule has 0 aliphatic heterocycles. The number of para-hydroxylation sites is 4. The second-order valence-electron chi connectivity index (χ2n) is 14.9. The molecule has 0 unspecified atom stereocenters. The fourth-order valence-corrected chi connectivity index (χ4v) is 8.82. The molecule has 3 heterocycles. The highest BCUT2D eigenvalue weighted by Crippen LogP contribution is 2.44. The van der Waals surface area contributed by atoms with Gasteiger partial charge in [-0.25, -0.2) is 0 Å². The molecule has 0 N–H and O–H groups in total. The lowest BCUT2D eigenvalue weighted by molar-refractivity contribution is 0.645. The molecular weight excluding hydrogens is 709 g/mol. The molecule has 9 aromatic carbocycles. The van der Waals surface area contributed by atoms with Crippen LogP contribution >= 0.6 is 0 Å². The first kappa shape index (κ1) is 32.4. The van der Waals surface area contributed by atoms with Crippen molar-refractivity contribution < 1.29 is 8.83 Å². The van der Waals surface area contributed by atoms with E-state index in [2.05, 4.69) is 191 Å². The van der Waals surface area contributed by atoms with Gasteiger partial charge in [-0.2, -0.15) is 0 Å². The van der Waals surface area contributed by atoms with Crippen LogP contribution in [0.4, 0.5) is 17.1 Å². The van der Waals surface area contributed by atoms with Crippen LogP contribution in [-0.2, 0) is 0 Å². The molecule has 0 saturated heterocycles. The number of fused-ring (bicyclic) bond motifs is 9. The van der Waals surface area contributed by atoms with Gasteiger partial charge in [0.05, 0.1) is 16.6 Å². The average Bonchev–Trinajstić information content (AvgIpc) is 3.96. The Kier molecular flexibility index (Phi) is 7.20. The maximum atomic E-state index is 6.61. The Labute approximate surface area is 334 Å². The van der Waals surface area contributed by atoms with Crippen molar-refractivity contribution in [1.29, 1.82) is 0 Å². The largest absolute Gasteiger partial charge is 0.454 e. The Bertz CT molecular complexity index is 3500. The summed E-state index contributed by atoms with van der Waals surface area (Å²) >= 11 is 0. The van der Waals surface area contributed by atoms with Crippen LogP contribution in [0.2, 0.25) is 0 Å². The van der Waals surface area contributed by atoms with Crippen LogP contribution in [0.1, 0.15) is 0 Å². The van der Waals surface area contributed by atoms with E-state index in [0.717, 1.165) is 88.8 Å². The molecule has 272 valence electrons. The first-order valence-corrected chi connectivity index (χ1v) is 19.7. The lowest BCUT2D eigenvalue weighted by atomic mass is 9.99. The van der Waals surface area contributed by atoms with Gasteiger partial charge in [-0.3, -0.25) is 4.57 Å². The summed E-state index contributed by atoms with van der Waals surface area (Å²) in [4.78, 5) is 2.32. The molecule has 0 spiro atoms. The number of rotatable bonds is 6. The molecule has 0 fully saturated rings. The van der Waals surface area contributed by atoms with E-state index < -0.39 is 0 Å². The Morgan fingerprint density at radius 1 is 0.379 bits per heavy atom. The molecule has 12 aromatic rings. The van der Waals surface area contributed by atoms with Gasteiger partial charge in [0.25, 0.3) is 0 Å². The molecule has 0 aliphatic rings. The van der Waals surface area contributed by atoms with Crippen molar-refractivity contribution >= 4 is 82.7 Å². The lowest BCUT2D eigenvalue weighted by Gasteiger charge is -2.26. The summed E-state index contributed by atoms with van der Waals surface area (Å²) < 4.78 is 15.4. The normalized spacial score (nSPS) is 11.8. The van der Waals surface area contributed by atoms with Crippen molar-refractivity contribution in [3.63, 3.8) is 0 Å². The summed E-state index contributed by atoms with van der Waals surface area (Å²) in [5.74, 6) is 0. The molecule has 0 amide bonds. The zero-order valence-corrected chi connectivity index (χ0v) is 31.3. The zero-order chi connectivity index (χ0) is 38.2. The van der Waals surface area contributed by atoms with Crippen molar-refractivity contribution in [2.75, 3.05) is 4.90 Å². The van der Waals surface area contributed by atoms with Crippen LogP contribution in [-0.4, -0.2) is 4.57 Å². The van der Waals surface area contributed by atoms with Gasteiger partial charge in [-0.1, -0.05) is 140 Å². The number of hydrogen-bond acceptors (Lipinski definition) is 3. The standard InChI is InChI=1S/C54H34N2O2/c1-3-12-35(13-4-1)36-24-28-42(29-25-36)55(48-19-11-18-45-44-16-7-9-20-50(44)57-53(45)48)43-30-26-38-32-37(22-23-39(38)33-43)40-27-31-46-49(34-40)56(41-14-5-2-6-15-41)54-52(46)47-17-8-10-21-51(47)58-54/h1-34H. The molecule has 0 aliphatic carbocycles. The summed E-state index contributed by atoms with van der Waals surface area (Å²) in [7, 11) is 0. The van der Waals surface area contributed by atoms with Gasteiger partial charge in [0, 0.05) is 38.6 Å². The molecular formula is C54H34N2O2. The molecule has 12 rings (SSSR count). The first-order valence-electron chi connectivity index (χ1n) is 19.7. The van der Waals surface area contributed by atoms with E-state index in [1.807, 2.05) is 24.3 Å². The van der Waals surface area contributed by atoms with Crippen LogP contribution in [0.3, 0.4) is 0 Å². The summed E-state index contributed by atoms with van der Waals surface area (Å²) in [6, 6.07) is 73.2. The fraction of sp³-hybridized carbons (Fsp3) is 0. The van der Waals surface area contributed by atoms with Crippen molar-refractivity contribution in [3.8, 4) is 27.9 Å². The quantitative estimate of drug-likeness (QED) is 0.170. The Hall–Kier alpha value is -7.82. The van der Waals surface area contributed by atoms with Gasteiger partial charge in [0.15, 0.2) is 5.58 Å². The fourth-order valence-electron chi connectivity index (χ4n) is 8.82. The van der Waals surface area contributed by atoms with E-state index in [0.29, 0.717) is 0 Å². The molecule has 4 heteroatoms. The van der Waals surface area contributed by atoms with Gasteiger partial charge >= 0.3 is 0 Å². The lowest BCUT2D eigenvalue weighted by Crippen LogP contribution is -2.10. The molecule has 3 aromatic heterocycles. The molecule has 0 radical (unpaired) electrons. The highest BCUT2D eigenvalue weighted by atomic mass is 16.3. The minimum atomic E-state index is 0.863. The maximum absolute atomic E-state index is 6.61. The summed E-state index contributed by atoms with van der Waals surface area (Å²) in [6.45, 7) is 0. The third kappa shape index (κ3) is 5.09. The van der Waals surface area contributed by atoms with Gasteiger partial charge in [0.2, 0.25) is 5.71 Å². The van der Waals surface area contributed by atoms with Gasteiger partial charge < -0.3 is 13.7 Å². The van der Waals surface area contributed by atoms with E-state index in [4.69, 9.17) is 8.83 Å². The third-order valence-electron chi connectivity index (χ3n) is 11.6. The predicted octanol–water partition coefficient (Wildman–Crippen LogP) is 15.4. The second-order valence-corrected chi connectivity index (χ2v) is 14.9. The van der Waals surface area contributed by atoms with E-state index in [9.17, 15) is 0 Å². The van der Waals surface area contributed by atoms with Crippen LogP contribution in [0.15, 0.2) is 215 Å². The van der Waals surface area contributed by atoms with Crippen LogP contribution in [0.25, 0.3) is 93.6 Å². The Morgan fingerprint density at radius 2 is 0.983 bits per heavy atom. The Morgan fingerprint density at radius 3 is 1.81 bits per heavy atom. The van der Waals surface area contributed by atoms with Crippen molar-refractivity contribution in [2.24, 2.45) is 0 Å². The number of aromatic nitrogens is 1. The van der Waals surface area contributed by atoms with Crippen LogP contribution in [0.5, 0.6) is 0 Å². The third-order valence-corrected chi connectivity index (χ3v) is 11.6. The van der Waals surface area contributed by atoms with Crippen LogP contribution < -0.4 is 4.90 Å². The smallest absolute Gasteiger partial charge is 0.213 e. The molecule has 58 heavy (non-hydrogen) atoms. The number of anilines is 3. The Balaban J connectivity index is 0.986. The average molecular weight is 743 g/mol. The minimum Gasteiger partial charge on any atom is -0.454 e. The highest BCUT2D eigenvalue weighted by Gasteiger charge is 2.22. The maximum Gasteiger partial charge on any atom is 0.213 e. The first-order chi connectivity index (χ1) is 28.7. The number of nitrogens with zero attached hydrogens (tertiary/aromatic N) is 2. The van der Waals surface area contributed by atoms with Gasteiger partial charge in [0.1, 0.15) is 11.2 Å². The molecule has 4 nitrogen and oxygen atoms in total. The second kappa shape index (κ2) is 12.9. The van der Waals surface area contributed by atoms with Gasteiger partial charge in [-0.15, -0.1) is 0 Å². The minimum absolute atomic E-state index is 0.863. The van der Waals surface area contributed by atoms with Crippen LogP contribution in [0, 0.1) is 0 Å².